The first-order chi connectivity index (χ1) is 9.24. The molecule has 1 saturated carbocycles. The largest absolute Gasteiger partial charge is 0.380 e. The van der Waals surface area contributed by atoms with E-state index in [9.17, 15) is 0 Å². The van der Waals surface area contributed by atoms with Gasteiger partial charge in [0, 0.05) is 26.2 Å². The van der Waals surface area contributed by atoms with Crippen molar-refractivity contribution in [3.05, 3.63) is 35.4 Å². The topological polar surface area (TPSA) is 38.5 Å². The molecular formula is C16H26N2O. The molecule has 0 aromatic heterocycles. The van der Waals surface area contributed by atoms with Crippen molar-refractivity contribution in [2.24, 2.45) is 11.7 Å². The lowest BCUT2D eigenvalue weighted by atomic mass is 9.84. The molecule has 1 aliphatic carbocycles. The third-order valence-corrected chi connectivity index (χ3v) is 4.20. The van der Waals surface area contributed by atoms with Gasteiger partial charge in [0.15, 0.2) is 0 Å². The number of nitrogens with zero attached hydrogens (tertiary/aromatic N) is 1. The lowest BCUT2D eigenvalue weighted by Gasteiger charge is -2.34. The molecule has 0 bridgehead atoms. The Morgan fingerprint density at radius 2 is 2.00 bits per heavy atom. The fourth-order valence-corrected chi connectivity index (χ4v) is 2.78. The second-order valence-electron chi connectivity index (χ2n) is 5.66. The number of nitrogens with two attached hydrogens (primary N) is 1. The number of ether oxygens (including phenoxy) is 1. The molecule has 0 amide bonds. The highest BCUT2D eigenvalue weighted by Gasteiger charge is 2.23. The van der Waals surface area contributed by atoms with Crippen LogP contribution in [0.3, 0.4) is 0 Å². The van der Waals surface area contributed by atoms with Crippen molar-refractivity contribution in [2.75, 3.05) is 27.2 Å². The minimum Gasteiger partial charge on any atom is -0.380 e. The van der Waals surface area contributed by atoms with Gasteiger partial charge in [0.2, 0.25) is 0 Å². The van der Waals surface area contributed by atoms with E-state index in [0.29, 0.717) is 19.2 Å². The highest BCUT2D eigenvalue weighted by atomic mass is 16.5. The molecule has 3 heteroatoms. The Kier molecular flexibility index (Phi) is 5.37. The molecule has 19 heavy (non-hydrogen) atoms. The molecule has 0 heterocycles. The van der Waals surface area contributed by atoms with Gasteiger partial charge in [-0.25, -0.2) is 0 Å². The van der Waals surface area contributed by atoms with Crippen molar-refractivity contribution in [2.45, 2.75) is 31.9 Å². The molecular weight excluding hydrogens is 236 g/mol. The van der Waals surface area contributed by atoms with E-state index < -0.39 is 0 Å². The Morgan fingerprint density at radius 3 is 2.47 bits per heavy atom. The van der Waals surface area contributed by atoms with Gasteiger partial charge in [-0.1, -0.05) is 30.7 Å². The Labute approximate surface area is 116 Å². The first-order valence-electron chi connectivity index (χ1n) is 7.22. The molecule has 0 spiro atoms. The van der Waals surface area contributed by atoms with Crippen LogP contribution in [0.4, 0.5) is 0 Å². The molecule has 1 aromatic rings. The summed E-state index contributed by atoms with van der Waals surface area (Å²) in [7, 11) is 3.92. The molecule has 1 atom stereocenters. The summed E-state index contributed by atoms with van der Waals surface area (Å²) in [4.78, 5) is 2.41. The molecule has 0 radical (unpaired) electrons. The van der Waals surface area contributed by atoms with E-state index >= 15 is 0 Å². The summed E-state index contributed by atoms with van der Waals surface area (Å²) >= 11 is 0. The van der Waals surface area contributed by atoms with Crippen LogP contribution in [-0.4, -0.2) is 32.1 Å². The average Bonchev–Trinajstić information content (AvgIpc) is 2.37. The van der Waals surface area contributed by atoms with Crippen LogP contribution in [0.25, 0.3) is 0 Å². The minimum absolute atomic E-state index is 0.331. The number of likely N-dealkylation sites (N-methyl/N-ethyl adjacent to an activating group) is 1. The minimum atomic E-state index is 0.331. The quantitative estimate of drug-likeness (QED) is 0.821. The van der Waals surface area contributed by atoms with E-state index in [-0.39, 0.29) is 0 Å². The highest BCUT2D eigenvalue weighted by molar-refractivity contribution is 5.25. The van der Waals surface area contributed by atoms with E-state index in [0.717, 1.165) is 5.92 Å². The van der Waals surface area contributed by atoms with Crippen molar-refractivity contribution in [1.82, 2.24) is 4.90 Å². The predicted octanol–water partition coefficient (Wildman–Crippen LogP) is 2.56. The summed E-state index contributed by atoms with van der Waals surface area (Å²) in [5, 5.41) is 0. The third-order valence-electron chi connectivity index (χ3n) is 4.20. The number of rotatable bonds is 7. The van der Waals surface area contributed by atoms with Crippen molar-refractivity contribution in [3.63, 3.8) is 0 Å². The van der Waals surface area contributed by atoms with Crippen LogP contribution in [0, 0.1) is 5.92 Å². The van der Waals surface area contributed by atoms with Crippen molar-refractivity contribution in [1.29, 1.82) is 0 Å². The van der Waals surface area contributed by atoms with E-state index in [1.165, 1.54) is 36.9 Å². The molecule has 1 aromatic carbocycles. The number of hydrogen-bond acceptors (Lipinski definition) is 3. The van der Waals surface area contributed by atoms with Gasteiger partial charge in [-0.2, -0.15) is 0 Å². The summed E-state index contributed by atoms with van der Waals surface area (Å²) < 4.78 is 5.14. The maximum absolute atomic E-state index is 5.97. The second-order valence-corrected chi connectivity index (χ2v) is 5.66. The maximum Gasteiger partial charge on any atom is 0.0713 e. The Balaban J connectivity index is 1.98. The molecule has 106 valence electrons. The number of hydrogen-bond donors (Lipinski definition) is 1. The Morgan fingerprint density at radius 1 is 1.32 bits per heavy atom. The zero-order valence-corrected chi connectivity index (χ0v) is 12.1. The van der Waals surface area contributed by atoms with E-state index in [1.807, 2.05) is 0 Å². The Hall–Kier alpha value is -0.900. The molecule has 0 aliphatic heterocycles. The molecule has 2 rings (SSSR count). The van der Waals surface area contributed by atoms with Crippen LogP contribution < -0.4 is 5.73 Å². The molecule has 1 unspecified atom stereocenters. The van der Waals surface area contributed by atoms with Crippen molar-refractivity contribution in [3.8, 4) is 0 Å². The summed E-state index contributed by atoms with van der Waals surface area (Å²) in [5.74, 6) is 0.881. The van der Waals surface area contributed by atoms with Gasteiger partial charge >= 0.3 is 0 Å². The van der Waals surface area contributed by atoms with Gasteiger partial charge in [0.25, 0.3) is 0 Å². The average molecular weight is 262 g/mol. The summed E-state index contributed by atoms with van der Waals surface area (Å²) in [6.45, 7) is 2.51. The zero-order chi connectivity index (χ0) is 13.7. The molecule has 1 aliphatic rings. The van der Waals surface area contributed by atoms with E-state index in [2.05, 4.69) is 36.2 Å². The fourth-order valence-electron chi connectivity index (χ4n) is 2.78. The summed E-state index contributed by atoms with van der Waals surface area (Å²) in [6, 6.07) is 8.97. The van der Waals surface area contributed by atoms with Crippen LogP contribution in [0.5, 0.6) is 0 Å². The van der Waals surface area contributed by atoms with E-state index in [1.54, 1.807) is 7.11 Å². The smallest absolute Gasteiger partial charge is 0.0713 e. The zero-order valence-electron chi connectivity index (χ0n) is 12.1. The SMILES string of the molecule is COCc1ccc(C(CN)N(C)CC2CCC2)cc1. The standard InChI is InChI=1S/C16H26N2O/c1-18(11-13-4-3-5-13)16(10-17)15-8-6-14(7-9-15)12-19-2/h6-9,13,16H,3-5,10-12,17H2,1-2H3. The van der Waals surface area contributed by atoms with Crippen LogP contribution >= 0.6 is 0 Å². The summed E-state index contributed by atoms with van der Waals surface area (Å²) in [5.41, 5.74) is 8.49. The molecule has 2 N–H and O–H groups in total. The van der Waals surface area contributed by atoms with Gasteiger partial charge in [0.1, 0.15) is 0 Å². The van der Waals surface area contributed by atoms with Crippen molar-refractivity contribution < 1.29 is 4.74 Å². The lowest BCUT2D eigenvalue weighted by Crippen LogP contribution is -2.36. The normalized spacial score (nSPS) is 17.5. The molecule has 1 fully saturated rings. The molecule has 3 nitrogen and oxygen atoms in total. The van der Waals surface area contributed by atoms with Gasteiger partial charge in [0.05, 0.1) is 6.61 Å². The van der Waals surface area contributed by atoms with Crippen LogP contribution in [-0.2, 0) is 11.3 Å². The number of benzene rings is 1. The third kappa shape index (κ3) is 3.78. The predicted molar refractivity (Wildman–Crippen MR) is 78.9 cm³/mol. The highest BCUT2D eigenvalue weighted by Crippen LogP contribution is 2.29. The number of methoxy groups -OCH3 is 1. The van der Waals surface area contributed by atoms with Gasteiger partial charge < -0.3 is 10.5 Å². The van der Waals surface area contributed by atoms with Crippen LogP contribution in [0.1, 0.15) is 36.4 Å². The fraction of sp³-hybridized carbons (Fsp3) is 0.625. The van der Waals surface area contributed by atoms with Gasteiger partial charge in [-0.3, -0.25) is 4.90 Å². The first-order valence-corrected chi connectivity index (χ1v) is 7.22. The first kappa shape index (κ1) is 14.5. The van der Waals surface area contributed by atoms with Gasteiger partial charge in [-0.05, 0) is 36.9 Å². The van der Waals surface area contributed by atoms with Crippen LogP contribution in [0.15, 0.2) is 24.3 Å². The maximum atomic E-state index is 5.97. The second kappa shape index (κ2) is 7.04. The lowest BCUT2D eigenvalue weighted by molar-refractivity contribution is 0.164. The molecule has 0 saturated heterocycles. The monoisotopic (exact) mass is 262 g/mol. The van der Waals surface area contributed by atoms with Gasteiger partial charge in [-0.15, -0.1) is 0 Å². The summed E-state index contributed by atoms with van der Waals surface area (Å²) in [6.07, 6.45) is 4.17. The Bertz CT molecular complexity index is 373. The van der Waals surface area contributed by atoms with Crippen molar-refractivity contribution >= 4 is 0 Å². The van der Waals surface area contributed by atoms with E-state index in [4.69, 9.17) is 10.5 Å². The van der Waals surface area contributed by atoms with Crippen LogP contribution in [0.2, 0.25) is 0 Å².